The molecule has 1 aromatic heterocycles. The first-order valence-electron chi connectivity index (χ1n) is 5.64. The Kier molecular flexibility index (Phi) is 3.87. The van der Waals surface area contributed by atoms with Gasteiger partial charge in [-0.25, -0.2) is 0 Å². The van der Waals surface area contributed by atoms with Crippen LogP contribution in [0.2, 0.25) is 5.02 Å². The van der Waals surface area contributed by atoms with Crippen LogP contribution in [0.25, 0.3) is 0 Å². The van der Waals surface area contributed by atoms with E-state index in [-0.39, 0.29) is 0 Å². The van der Waals surface area contributed by atoms with Gasteiger partial charge >= 0.3 is 0 Å². The molecule has 0 saturated heterocycles. The fourth-order valence-electron chi connectivity index (χ4n) is 1.82. The van der Waals surface area contributed by atoms with Crippen molar-refractivity contribution in [2.24, 2.45) is 0 Å². The Bertz CT molecular complexity index is 498. The van der Waals surface area contributed by atoms with Gasteiger partial charge in [0.2, 0.25) is 0 Å². The minimum Gasteiger partial charge on any atom is -0.383 e. The number of aliphatic hydroxyl groups is 1. The average molecular weight is 267 g/mol. The first-order valence-corrected chi connectivity index (χ1v) is 6.83. The second kappa shape index (κ2) is 5.21. The van der Waals surface area contributed by atoms with E-state index in [9.17, 15) is 5.11 Å². The molecule has 0 aliphatic rings. The summed E-state index contributed by atoms with van der Waals surface area (Å²) in [6.07, 6.45) is 0.434. The fraction of sp³-hybridized carbons (Fsp3) is 0.286. The molecule has 0 fully saturated rings. The maximum atomic E-state index is 10.3. The van der Waals surface area contributed by atoms with Gasteiger partial charge in [-0.05, 0) is 48.7 Å². The van der Waals surface area contributed by atoms with Crippen molar-refractivity contribution in [3.63, 3.8) is 0 Å². The molecule has 1 nitrogen and oxygen atoms in total. The summed E-state index contributed by atoms with van der Waals surface area (Å²) in [5, 5.41) is 11.0. The zero-order valence-electron chi connectivity index (χ0n) is 9.90. The summed E-state index contributed by atoms with van der Waals surface area (Å²) >= 11 is 7.66. The highest BCUT2D eigenvalue weighted by Crippen LogP contribution is 2.30. The number of hydrogen-bond acceptors (Lipinski definition) is 2. The molecule has 0 amide bonds. The van der Waals surface area contributed by atoms with Gasteiger partial charge in [0.1, 0.15) is 6.10 Å². The quantitative estimate of drug-likeness (QED) is 0.875. The van der Waals surface area contributed by atoms with Crippen LogP contribution in [-0.4, -0.2) is 5.11 Å². The van der Waals surface area contributed by atoms with Crippen LogP contribution in [0, 0.1) is 6.92 Å². The third-order valence-electron chi connectivity index (χ3n) is 2.68. The number of rotatable bonds is 3. The number of hydrogen-bond donors (Lipinski definition) is 1. The van der Waals surface area contributed by atoms with E-state index in [4.69, 9.17) is 11.6 Å². The summed E-state index contributed by atoms with van der Waals surface area (Å²) in [4.78, 5) is 2.27. The van der Waals surface area contributed by atoms with Gasteiger partial charge in [-0.3, -0.25) is 0 Å². The van der Waals surface area contributed by atoms with Crippen molar-refractivity contribution >= 4 is 22.9 Å². The Morgan fingerprint density at radius 2 is 2.06 bits per heavy atom. The SMILES string of the molecule is CCc1ccc(C(O)c2cc(C)cc(Cl)c2)s1. The average Bonchev–Trinajstić information content (AvgIpc) is 2.75. The van der Waals surface area contributed by atoms with E-state index in [2.05, 4.69) is 13.0 Å². The van der Waals surface area contributed by atoms with Crippen LogP contribution in [0.1, 0.15) is 33.9 Å². The summed E-state index contributed by atoms with van der Waals surface area (Å²) in [5.74, 6) is 0. The largest absolute Gasteiger partial charge is 0.383 e. The number of thiophene rings is 1. The molecular formula is C14H15ClOS. The predicted molar refractivity (Wildman–Crippen MR) is 73.9 cm³/mol. The molecular weight excluding hydrogens is 252 g/mol. The van der Waals surface area contributed by atoms with Crippen molar-refractivity contribution in [1.29, 1.82) is 0 Å². The zero-order chi connectivity index (χ0) is 12.4. The second-order valence-corrected chi connectivity index (χ2v) is 5.76. The number of halogens is 1. The van der Waals surface area contributed by atoms with E-state index < -0.39 is 6.10 Å². The molecule has 0 saturated carbocycles. The van der Waals surface area contributed by atoms with Crippen molar-refractivity contribution in [2.45, 2.75) is 26.4 Å². The monoisotopic (exact) mass is 266 g/mol. The smallest absolute Gasteiger partial charge is 0.113 e. The second-order valence-electron chi connectivity index (χ2n) is 4.12. The zero-order valence-corrected chi connectivity index (χ0v) is 11.5. The van der Waals surface area contributed by atoms with Crippen LogP contribution < -0.4 is 0 Å². The first-order chi connectivity index (χ1) is 8.10. The topological polar surface area (TPSA) is 20.2 Å². The van der Waals surface area contributed by atoms with Gasteiger partial charge in [-0.15, -0.1) is 11.3 Å². The molecule has 0 aliphatic carbocycles. The van der Waals surface area contributed by atoms with Crippen LogP contribution in [0.3, 0.4) is 0 Å². The van der Waals surface area contributed by atoms with E-state index in [0.29, 0.717) is 5.02 Å². The minimum atomic E-state index is -0.572. The molecule has 2 rings (SSSR count). The van der Waals surface area contributed by atoms with Crippen LogP contribution in [0.4, 0.5) is 0 Å². The molecule has 1 aromatic carbocycles. The molecule has 2 aromatic rings. The van der Waals surface area contributed by atoms with Gasteiger partial charge in [0, 0.05) is 14.8 Å². The van der Waals surface area contributed by atoms with Crippen LogP contribution in [0.15, 0.2) is 30.3 Å². The van der Waals surface area contributed by atoms with E-state index in [1.54, 1.807) is 11.3 Å². The van der Waals surface area contributed by atoms with Crippen LogP contribution in [-0.2, 0) is 6.42 Å². The van der Waals surface area contributed by atoms with Crippen LogP contribution in [0.5, 0.6) is 0 Å². The van der Waals surface area contributed by atoms with E-state index in [1.165, 1.54) is 4.88 Å². The normalized spacial score (nSPS) is 12.7. The Hall–Kier alpha value is -0.830. The van der Waals surface area contributed by atoms with Crippen molar-refractivity contribution in [3.05, 3.63) is 56.2 Å². The highest BCUT2D eigenvalue weighted by molar-refractivity contribution is 7.12. The molecule has 0 spiro atoms. The van der Waals surface area contributed by atoms with Gasteiger partial charge in [0.15, 0.2) is 0 Å². The molecule has 90 valence electrons. The highest BCUT2D eigenvalue weighted by atomic mass is 35.5. The van der Waals surface area contributed by atoms with Crippen LogP contribution >= 0.6 is 22.9 Å². The Labute approximate surface area is 111 Å². The lowest BCUT2D eigenvalue weighted by Crippen LogP contribution is -1.97. The Balaban J connectivity index is 2.32. The lowest BCUT2D eigenvalue weighted by molar-refractivity contribution is 0.224. The lowest BCUT2D eigenvalue weighted by Gasteiger charge is -2.10. The highest BCUT2D eigenvalue weighted by Gasteiger charge is 2.13. The Morgan fingerprint density at radius 3 is 2.65 bits per heavy atom. The fourth-order valence-corrected chi connectivity index (χ4v) is 3.08. The standard InChI is InChI=1S/C14H15ClOS/c1-3-12-4-5-13(17-12)14(16)10-6-9(2)7-11(15)8-10/h4-8,14,16H,3H2,1-2H3. The molecule has 1 N–H and O–H groups in total. The maximum Gasteiger partial charge on any atom is 0.113 e. The summed E-state index contributed by atoms with van der Waals surface area (Å²) in [5.41, 5.74) is 1.93. The lowest BCUT2D eigenvalue weighted by atomic mass is 10.1. The van der Waals surface area contributed by atoms with E-state index in [0.717, 1.165) is 22.4 Å². The number of aryl methyl sites for hydroxylation is 2. The minimum absolute atomic E-state index is 0.572. The summed E-state index contributed by atoms with van der Waals surface area (Å²) in [6.45, 7) is 4.10. The summed E-state index contributed by atoms with van der Waals surface area (Å²) in [6, 6.07) is 9.75. The van der Waals surface area contributed by atoms with Gasteiger partial charge in [-0.2, -0.15) is 0 Å². The molecule has 1 unspecified atom stereocenters. The van der Waals surface area contributed by atoms with Crippen molar-refractivity contribution < 1.29 is 5.11 Å². The van der Waals surface area contributed by atoms with Crippen molar-refractivity contribution in [3.8, 4) is 0 Å². The predicted octanol–water partition coefficient (Wildman–Crippen LogP) is 4.35. The third kappa shape index (κ3) is 2.89. The van der Waals surface area contributed by atoms with Crippen molar-refractivity contribution in [1.82, 2.24) is 0 Å². The van der Waals surface area contributed by atoms with E-state index >= 15 is 0 Å². The molecule has 1 atom stereocenters. The number of aliphatic hydroxyl groups excluding tert-OH is 1. The molecule has 0 radical (unpaired) electrons. The third-order valence-corrected chi connectivity index (χ3v) is 4.18. The molecule has 3 heteroatoms. The first kappa shape index (κ1) is 12.6. The van der Waals surface area contributed by atoms with Gasteiger partial charge in [0.25, 0.3) is 0 Å². The maximum absolute atomic E-state index is 10.3. The van der Waals surface area contributed by atoms with Gasteiger partial charge < -0.3 is 5.11 Å². The molecule has 1 heterocycles. The van der Waals surface area contributed by atoms with Gasteiger partial charge in [-0.1, -0.05) is 24.6 Å². The summed E-state index contributed by atoms with van der Waals surface area (Å²) < 4.78 is 0. The molecule has 0 bridgehead atoms. The van der Waals surface area contributed by atoms with E-state index in [1.807, 2.05) is 31.2 Å². The van der Waals surface area contributed by atoms with Crippen molar-refractivity contribution in [2.75, 3.05) is 0 Å². The number of benzene rings is 1. The summed E-state index contributed by atoms with van der Waals surface area (Å²) in [7, 11) is 0. The van der Waals surface area contributed by atoms with Gasteiger partial charge in [0.05, 0.1) is 0 Å². The molecule has 0 aliphatic heterocycles. The molecule has 17 heavy (non-hydrogen) atoms. The Morgan fingerprint density at radius 1 is 1.29 bits per heavy atom.